The summed E-state index contributed by atoms with van der Waals surface area (Å²) in [6, 6.07) is 18.5. The maximum absolute atomic E-state index is 6.40. The first-order valence-electron chi connectivity index (χ1n) is 11.0. The maximum atomic E-state index is 6.40. The van der Waals surface area contributed by atoms with Crippen molar-refractivity contribution in [3.05, 3.63) is 76.6 Å². The first kappa shape index (κ1) is 20.9. The Morgan fingerprint density at radius 1 is 1.00 bits per heavy atom. The monoisotopic (exact) mass is 446 g/mol. The van der Waals surface area contributed by atoms with Crippen molar-refractivity contribution in [2.45, 2.75) is 45.1 Å². The first-order chi connectivity index (χ1) is 15.4. The molecule has 0 bridgehead atoms. The van der Waals surface area contributed by atoms with E-state index in [1.807, 2.05) is 28.9 Å². The fourth-order valence-electron chi connectivity index (χ4n) is 4.24. The Hall–Kier alpha value is -2.99. The van der Waals surface area contributed by atoms with Crippen LogP contribution in [0.1, 0.15) is 50.1 Å². The van der Waals surface area contributed by atoms with Crippen molar-refractivity contribution in [1.82, 2.24) is 25.0 Å². The van der Waals surface area contributed by atoms with Crippen molar-refractivity contribution < 1.29 is 0 Å². The highest BCUT2D eigenvalue weighted by Gasteiger charge is 2.30. The number of hydrogen-bond acceptors (Lipinski definition) is 5. The van der Waals surface area contributed by atoms with Gasteiger partial charge in [-0.2, -0.15) is 0 Å². The Labute approximate surface area is 193 Å². The first-order valence-corrected chi connectivity index (χ1v) is 11.4. The molecule has 1 atom stereocenters. The topological polar surface area (TPSA) is 59.7 Å². The van der Waals surface area contributed by atoms with Gasteiger partial charge in [0.15, 0.2) is 17.0 Å². The van der Waals surface area contributed by atoms with Crippen LogP contribution >= 0.6 is 11.6 Å². The van der Waals surface area contributed by atoms with Crippen molar-refractivity contribution in [2.24, 2.45) is 0 Å². The van der Waals surface area contributed by atoms with Gasteiger partial charge in [0.1, 0.15) is 5.82 Å². The van der Waals surface area contributed by atoms with Crippen LogP contribution in [0.3, 0.4) is 0 Å². The van der Waals surface area contributed by atoms with Gasteiger partial charge in [-0.3, -0.25) is 0 Å². The Morgan fingerprint density at radius 3 is 2.50 bits per heavy atom. The van der Waals surface area contributed by atoms with Crippen LogP contribution in [0.15, 0.2) is 54.6 Å². The predicted octanol–water partition coefficient (Wildman–Crippen LogP) is 5.21. The van der Waals surface area contributed by atoms with Crippen LogP contribution in [0, 0.1) is 0 Å². The van der Waals surface area contributed by atoms with E-state index in [-0.39, 0.29) is 5.41 Å². The molecule has 1 fully saturated rings. The number of rotatable bonds is 4. The molecule has 4 aromatic rings. The fourth-order valence-corrected chi connectivity index (χ4v) is 4.44. The van der Waals surface area contributed by atoms with Gasteiger partial charge in [0.2, 0.25) is 0 Å². The molecule has 0 saturated carbocycles. The zero-order valence-corrected chi connectivity index (χ0v) is 19.4. The summed E-state index contributed by atoms with van der Waals surface area (Å²) in [5.74, 6) is 2.16. The van der Waals surface area contributed by atoms with Crippen LogP contribution in [-0.2, 0) is 12.0 Å². The van der Waals surface area contributed by atoms with E-state index in [1.54, 1.807) is 0 Å². The van der Waals surface area contributed by atoms with Crippen LogP contribution in [-0.4, -0.2) is 38.1 Å². The minimum atomic E-state index is -0.193. The molecule has 0 amide bonds. The summed E-state index contributed by atoms with van der Waals surface area (Å²) in [4.78, 5) is 12.2. The van der Waals surface area contributed by atoms with E-state index in [2.05, 4.69) is 66.3 Å². The molecule has 2 aromatic heterocycles. The van der Waals surface area contributed by atoms with Crippen molar-refractivity contribution in [3.8, 4) is 0 Å². The summed E-state index contributed by atoms with van der Waals surface area (Å²) >= 11 is 6.40. The van der Waals surface area contributed by atoms with Gasteiger partial charge in [-0.05, 0) is 23.6 Å². The minimum absolute atomic E-state index is 0.193. The quantitative estimate of drug-likeness (QED) is 0.430. The third-order valence-corrected chi connectivity index (χ3v) is 6.42. The van der Waals surface area contributed by atoms with Crippen LogP contribution in [0.4, 0.5) is 5.82 Å². The molecule has 164 valence electrons. The average Bonchev–Trinajstić information content (AvgIpc) is 3.43. The molecule has 1 aliphatic heterocycles. The lowest BCUT2D eigenvalue weighted by Crippen LogP contribution is -2.24. The molecule has 7 heteroatoms. The summed E-state index contributed by atoms with van der Waals surface area (Å²) in [6.07, 6.45) is 1.09. The highest BCUT2D eigenvalue weighted by atomic mass is 35.5. The second-order valence-electron chi connectivity index (χ2n) is 9.47. The third-order valence-electron chi connectivity index (χ3n) is 6.05. The molecule has 6 nitrogen and oxygen atoms in total. The third kappa shape index (κ3) is 3.95. The van der Waals surface area contributed by atoms with Gasteiger partial charge < -0.3 is 4.90 Å². The lowest BCUT2D eigenvalue weighted by Gasteiger charge is -2.22. The fraction of sp³-hybridized carbons (Fsp3) is 0.360. The molecule has 0 aliphatic carbocycles. The van der Waals surface area contributed by atoms with Gasteiger partial charge >= 0.3 is 0 Å². The van der Waals surface area contributed by atoms with E-state index in [0.29, 0.717) is 17.5 Å². The summed E-state index contributed by atoms with van der Waals surface area (Å²) in [5, 5.41) is 9.67. The smallest absolute Gasteiger partial charge is 0.184 e. The average molecular weight is 447 g/mol. The van der Waals surface area contributed by atoms with Gasteiger partial charge in [-0.15, -0.1) is 5.10 Å². The number of nitrogens with zero attached hydrogens (tertiary/aromatic N) is 6. The molecule has 0 spiro atoms. The van der Waals surface area contributed by atoms with Crippen LogP contribution in [0.25, 0.3) is 11.2 Å². The Kier molecular flexibility index (Phi) is 5.33. The number of benzene rings is 2. The maximum Gasteiger partial charge on any atom is 0.184 e. The van der Waals surface area contributed by atoms with E-state index in [4.69, 9.17) is 21.6 Å². The number of aromatic nitrogens is 5. The van der Waals surface area contributed by atoms with Crippen molar-refractivity contribution in [1.29, 1.82) is 0 Å². The summed E-state index contributed by atoms with van der Waals surface area (Å²) in [7, 11) is 0. The zero-order valence-electron chi connectivity index (χ0n) is 18.7. The molecule has 0 N–H and O–H groups in total. The molecule has 1 unspecified atom stereocenters. The van der Waals surface area contributed by atoms with Gasteiger partial charge in [0, 0.05) is 29.4 Å². The van der Waals surface area contributed by atoms with Gasteiger partial charge in [-0.25, -0.2) is 14.6 Å². The minimum Gasteiger partial charge on any atom is -0.354 e. The SMILES string of the molecule is CC(C)(C)c1nc(N2CCC(c3ccccc3)C2)c2nnn(Cc3ccccc3Cl)c2n1. The summed E-state index contributed by atoms with van der Waals surface area (Å²) < 4.78 is 1.84. The number of fused-ring (bicyclic) bond motifs is 1. The molecule has 1 saturated heterocycles. The van der Waals surface area contributed by atoms with E-state index < -0.39 is 0 Å². The van der Waals surface area contributed by atoms with Crippen LogP contribution in [0.5, 0.6) is 0 Å². The highest BCUT2D eigenvalue weighted by molar-refractivity contribution is 6.31. The standard InChI is InChI=1S/C25H27ClN6/c1-25(2,3)24-27-22(31-14-13-18(15-31)17-9-5-4-6-10-17)21-23(28-24)32(30-29-21)16-19-11-7-8-12-20(19)26/h4-12,18H,13-16H2,1-3H3. The van der Waals surface area contributed by atoms with Crippen molar-refractivity contribution >= 4 is 28.6 Å². The molecule has 0 radical (unpaired) electrons. The van der Waals surface area contributed by atoms with Crippen LogP contribution < -0.4 is 4.90 Å². The lowest BCUT2D eigenvalue weighted by atomic mass is 9.95. The molecule has 5 rings (SSSR count). The molecular formula is C25H27ClN6. The summed E-state index contributed by atoms with van der Waals surface area (Å²) in [5.41, 5.74) is 3.67. The normalized spacial score (nSPS) is 16.8. The highest BCUT2D eigenvalue weighted by Crippen LogP contribution is 2.34. The van der Waals surface area contributed by atoms with Gasteiger partial charge in [0.05, 0.1) is 6.54 Å². The van der Waals surface area contributed by atoms with Crippen molar-refractivity contribution in [2.75, 3.05) is 18.0 Å². The van der Waals surface area contributed by atoms with E-state index >= 15 is 0 Å². The number of hydrogen-bond donors (Lipinski definition) is 0. The zero-order chi connectivity index (χ0) is 22.3. The number of halogens is 1. The Bertz CT molecular complexity index is 1240. The van der Waals surface area contributed by atoms with E-state index in [0.717, 1.165) is 47.9 Å². The second kappa shape index (κ2) is 8.17. The number of anilines is 1. The Morgan fingerprint density at radius 2 is 1.75 bits per heavy atom. The summed E-state index contributed by atoms with van der Waals surface area (Å²) in [6.45, 7) is 8.78. The van der Waals surface area contributed by atoms with Crippen molar-refractivity contribution in [3.63, 3.8) is 0 Å². The predicted molar refractivity (Wildman–Crippen MR) is 128 cm³/mol. The van der Waals surface area contributed by atoms with Crippen LogP contribution in [0.2, 0.25) is 5.02 Å². The van der Waals surface area contributed by atoms with E-state index in [1.165, 1.54) is 5.56 Å². The van der Waals surface area contributed by atoms with Gasteiger partial charge in [0.25, 0.3) is 0 Å². The largest absolute Gasteiger partial charge is 0.354 e. The molecular weight excluding hydrogens is 420 g/mol. The second-order valence-corrected chi connectivity index (χ2v) is 9.88. The molecule has 2 aromatic carbocycles. The van der Waals surface area contributed by atoms with E-state index in [9.17, 15) is 0 Å². The lowest BCUT2D eigenvalue weighted by molar-refractivity contribution is 0.545. The van der Waals surface area contributed by atoms with Gasteiger partial charge in [-0.1, -0.05) is 86.1 Å². The molecule has 3 heterocycles. The Balaban J connectivity index is 1.55. The molecule has 32 heavy (non-hydrogen) atoms. The molecule has 1 aliphatic rings.